The normalized spacial score (nSPS) is 9.67. The summed E-state index contributed by atoms with van der Waals surface area (Å²) in [6.07, 6.45) is 1.22. The van der Waals surface area contributed by atoms with Gasteiger partial charge >= 0.3 is 0 Å². The Labute approximate surface area is 86.1 Å². The number of nitrogens with one attached hydrogen (secondary N) is 3. The van der Waals surface area contributed by atoms with Crippen LogP contribution in [0.15, 0.2) is 11.1 Å². The Morgan fingerprint density at radius 3 is 3.07 bits per heavy atom. The van der Waals surface area contributed by atoms with Gasteiger partial charge in [-0.15, -0.1) is 0 Å². The number of nitrogens with zero attached hydrogens (tertiary/aromatic N) is 1. The first-order chi connectivity index (χ1) is 7.15. The second kappa shape index (κ2) is 4.99. The van der Waals surface area contributed by atoms with Crippen LogP contribution < -0.4 is 21.9 Å². The van der Waals surface area contributed by atoms with Gasteiger partial charge in [-0.3, -0.25) is 9.59 Å². The predicted octanol–water partition coefficient (Wildman–Crippen LogP) is -1.10. The molecule has 0 unspecified atom stereocenters. The summed E-state index contributed by atoms with van der Waals surface area (Å²) in [5.41, 5.74) is 4.99. The highest BCUT2D eigenvalue weighted by Crippen LogP contribution is 2.05. The van der Waals surface area contributed by atoms with E-state index >= 15 is 0 Å². The third kappa shape index (κ3) is 2.97. The largest absolute Gasteiger partial charge is 0.391 e. The van der Waals surface area contributed by atoms with Gasteiger partial charge in [0, 0.05) is 6.54 Å². The maximum Gasteiger partial charge on any atom is 0.276 e. The number of rotatable bonds is 4. The minimum absolute atomic E-state index is 0.0261. The smallest absolute Gasteiger partial charge is 0.276 e. The fraction of sp³-hybridized carbons (Fsp3) is 0.375. The number of hydrogen-bond acceptors (Lipinski definition) is 5. The number of hydrogen-bond donors (Lipinski definition) is 4. The van der Waals surface area contributed by atoms with E-state index in [1.807, 2.05) is 6.92 Å². The van der Waals surface area contributed by atoms with Crippen LogP contribution in [0.5, 0.6) is 0 Å². The molecular formula is C8H13N5O2. The lowest BCUT2D eigenvalue weighted by molar-refractivity contribution is -0.119. The minimum atomic E-state index is -0.427. The van der Waals surface area contributed by atoms with Crippen molar-refractivity contribution >= 4 is 17.4 Å². The first-order valence-electron chi connectivity index (χ1n) is 4.49. The molecule has 0 aliphatic carbocycles. The summed E-state index contributed by atoms with van der Waals surface area (Å²) in [6.45, 7) is 2.41. The molecule has 7 nitrogen and oxygen atoms in total. The van der Waals surface area contributed by atoms with Crippen LogP contribution >= 0.6 is 0 Å². The Morgan fingerprint density at radius 2 is 2.40 bits per heavy atom. The maximum atomic E-state index is 11.1. The third-order valence-corrected chi connectivity index (χ3v) is 1.68. The van der Waals surface area contributed by atoms with Crippen LogP contribution in [0.25, 0.3) is 0 Å². The van der Waals surface area contributed by atoms with Gasteiger partial charge in [0.1, 0.15) is 5.69 Å². The van der Waals surface area contributed by atoms with Crippen LogP contribution in [-0.4, -0.2) is 29.0 Å². The van der Waals surface area contributed by atoms with E-state index in [1.165, 1.54) is 6.33 Å². The average Bonchev–Trinajstić information content (AvgIpc) is 2.21. The number of aromatic amines is 1. The molecule has 0 bridgehead atoms. The highest BCUT2D eigenvalue weighted by Gasteiger charge is 2.05. The molecule has 0 spiro atoms. The van der Waals surface area contributed by atoms with Crippen molar-refractivity contribution in [1.82, 2.24) is 15.3 Å². The zero-order valence-electron chi connectivity index (χ0n) is 8.33. The van der Waals surface area contributed by atoms with Crippen molar-refractivity contribution in [2.75, 3.05) is 24.1 Å². The Kier molecular flexibility index (Phi) is 3.67. The Hall–Kier alpha value is -2.05. The van der Waals surface area contributed by atoms with E-state index in [-0.39, 0.29) is 24.0 Å². The predicted molar refractivity (Wildman–Crippen MR) is 56.4 cm³/mol. The van der Waals surface area contributed by atoms with Crippen LogP contribution in [-0.2, 0) is 4.79 Å². The third-order valence-electron chi connectivity index (χ3n) is 1.68. The fourth-order valence-electron chi connectivity index (χ4n) is 0.975. The molecule has 82 valence electrons. The number of anilines is 2. The molecule has 15 heavy (non-hydrogen) atoms. The van der Waals surface area contributed by atoms with Crippen molar-refractivity contribution < 1.29 is 4.79 Å². The van der Waals surface area contributed by atoms with Crippen molar-refractivity contribution in [2.24, 2.45) is 0 Å². The Balaban J connectivity index is 2.62. The van der Waals surface area contributed by atoms with Gasteiger partial charge in [0.2, 0.25) is 5.91 Å². The van der Waals surface area contributed by atoms with Gasteiger partial charge in [-0.2, -0.15) is 0 Å². The van der Waals surface area contributed by atoms with E-state index in [4.69, 9.17) is 5.73 Å². The van der Waals surface area contributed by atoms with Gasteiger partial charge in [-0.05, 0) is 6.92 Å². The lowest BCUT2D eigenvalue weighted by Crippen LogP contribution is -2.30. The standard InChI is InChI=1S/C8H13N5O2/c1-2-10-5(14)3-11-7-6(9)8(15)13-4-12-7/h4H,2-3,9H2,1H3,(H,10,14)(H2,11,12,13,15). The SMILES string of the molecule is CCNC(=O)CNc1nc[nH]c(=O)c1N. The van der Waals surface area contributed by atoms with Crippen molar-refractivity contribution in [3.63, 3.8) is 0 Å². The van der Waals surface area contributed by atoms with Crippen molar-refractivity contribution in [3.05, 3.63) is 16.7 Å². The van der Waals surface area contributed by atoms with Gasteiger partial charge in [0.15, 0.2) is 5.82 Å². The van der Waals surface area contributed by atoms with Gasteiger partial charge in [-0.1, -0.05) is 0 Å². The van der Waals surface area contributed by atoms with Gasteiger partial charge in [0.25, 0.3) is 5.56 Å². The summed E-state index contributed by atoms with van der Waals surface area (Å²) in [7, 11) is 0. The molecular weight excluding hydrogens is 198 g/mol. The molecule has 5 N–H and O–H groups in total. The maximum absolute atomic E-state index is 11.1. The molecule has 0 aromatic carbocycles. The lowest BCUT2D eigenvalue weighted by Gasteiger charge is -2.06. The van der Waals surface area contributed by atoms with Crippen LogP contribution in [0.2, 0.25) is 0 Å². The molecule has 0 atom stereocenters. The highest BCUT2D eigenvalue weighted by molar-refractivity contribution is 5.81. The van der Waals surface area contributed by atoms with Crippen molar-refractivity contribution in [2.45, 2.75) is 6.92 Å². The molecule has 0 saturated heterocycles. The highest BCUT2D eigenvalue weighted by atomic mass is 16.2. The first-order valence-corrected chi connectivity index (χ1v) is 4.49. The average molecular weight is 211 g/mol. The van der Waals surface area contributed by atoms with Gasteiger partial charge in [0.05, 0.1) is 12.9 Å². The second-order valence-corrected chi connectivity index (χ2v) is 2.80. The lowest BCUT2D eigenvalue weighted by atomic mass is 10.4. The molecule has 1 heterocycles. The number of likely N-dealkylation sites (N-methyl/N-ethyl adjacent to an activating group) is 1. The van der Waals surface area contributed by atoms with E-state index in [1.54, 1.807) is 0 Å². The van der Waals surface area contributed by atoms with E-state index in [0.717, 1.165) is 0 Å². The second-order valence-electron chi connectivity index (χ2n) is 2.80. The van der Waals surface area contributed by atoms with E-state index in [0.29, 0.717) is 6.54 Å². The number of H-pyrrole nitrogens is 1. The number of carbonyl (C=O) groups is 1. The van der Waals surface area contributed by atoms with Crippen LogP contribution in [0, 0.1) is 0 Å². The Bertz CT molecular complexity index is 400. The van der Waals surface area contributed by atoms with E-state index < -0.39 is 5.56 Å². The van der Waals surface area contributed by atoms with Gasteiger partial charge < -0.3 is 21.4 Å². The van der Waals surface area contributed by atoms with E-state index in [2.05, 4.69) is 20.6 Å². The summed E-state index contributed by atoms with van der Waals surface area (Å²) < 4.78 is 0. The van der Waals surface area contributed by atoms with Crippen LogP contribution in [0.4, 0.5) is 11.5 Å². The Morgan fingerprint density at radius 1 is 1.67 bits per heavy atom. The zero-order chi connectivity index (χ0) is 11.3. The molecule has 0 radical (unpaired) electrons. The number of nitrogen functional groups attached to an aromatic ring is 1. The van der Waals surface area contributed by atoms with Crippen molar-refractivity contribution in [3.8, 4) is 0 Å². The number of nitrogens with two attached hydrogens (primary N) is 1. The molecule has 0 fully saturated rings. The summed E-state index contributed by atoms with van der Waals surface area (Å²) >= 11 is 0. The zero-order valence-corrected chi connectivity index (χ0v) is 8.33. The van der Waals surface area contributed by atoms with Gasteiger partial charge in [-0.25, -0.2) is 4.98 Å². The topological polar surface area (TPSA) is 113 Å². The van der Waals surface area contributed by atoms with Crippen molar-refractivity contribution in [1.29, 1.82) is 0 Å². The van der Waals surface area contributed by atoms with Crippen LogP contribution in [0.1, 0.15) is 6.92 Å². The summed E-state index contributed by atoms with van der Waals surface area (Å²) in [4.78, 5) is 28.3. The quantitative estimate of drug-likeness (QED) is 0.505. The number of carbonyl (C=O) groups excluding carboxylic acids is 1. The molecule has 7 heteroatoms. The molecule has 1 aromatic heterocycles. The monoisotopic (exact) mass is 211 g/mol. The molecule has 1 aromatic rings. The first kappa shape index (κ1) is 11.0. The molecule has 1 amide bonds. The molecule has 0 aliphatic heterocycles. The minimum Gasteiger partial charge on any atom is -0.391 e. The van der Waals surface area contributed by atoms with Crippen LogP contribution in [0.3, 0.4) is 0 Å². The number of aromatic nitrogens is 2. The summed E-state index contributed by atoms with van der Waals surface area (Å²) in [5, 5.41) is 5.26. The summed E-state index contributed by atoms with van der Waals surface area (Å²) in [6, 6.07) is 0. The molecule has 0 aliphatic rings. The van der Waals surface area contributed by atoms with E-state index in [9.17, 15) is 9.59 Å². The fourth-order valence-corrected chi connectivity index (χ4v) is 0.975. The number of amides is 1. The molecule has 0 saturated carbocycles. The summed E-state index contributed by atoms with van der Waals surface area (Å²) in [5.74, 6) is 0.0315. The molecule has 1 rings (SSSR count).